The number of carboxylic acids is 1. The second-order valence-corrected chi connectivity index (χ2v) is 7.69. The van der Waals surface area contributed by atoms with Gasteiger partial charge in [-0.2, -0.15) is 5.11 Å². The summed E-state index contributed by atoms with van der Waals surface area (Å²) >= 11 is 0. The fourth-order valence-electron chi connectivity index (χ4n) is 2.88. The normalized spacial score (nSPS) is 13.1. The molecule has 0 heterocycles. The van der Waals surface area contributed by atoms with Crippen LogP contribution in [0.1, 0.15) is 63.9 Å². The predicted molar refractivity (Wildman–Crippen MR) is 141 cm³/mol. The summed E-state index contributed by atoms with van der Waals surface area (Å²) in [5, 5.41) is 71.6. The molecular formula is C19H30N20O4. The largest absolute Gasteiger partial charge is 0.493 e. The Bertz CT molecular complexity index is 1210. The number of ether oxygens (including phenoxy) is 1. The zero-order valence-corrected chi connectivity index (χ0v) is 23.4. The van der Waals surface area contributed by atoms with Crippen LogP contribution in [-0.2, 0) is 11.2 Å². The van der Waals surface area contributed by atoms with Crippen molar-refractivity contribution in [3.05, 3.63) is 23.8 Å². The lowest BCUT2D eigenvalue weighted by Crippen LogP contribution is -2.02. The highest BCUT2D eigenvalue weighted by molar-refractivity contribution is 5.70. The third-order valence-electron chi connectivity index (χ3n) is 4.51. The van der Waals surface area contributed by atoms with Crippen molar-refractivity contribution in [3.8, 4) is 11.5 Å². The monoisotopic (exact) mass is 602 g/mol. The van der Waals surface area contributed by atoms with Gasteiger partial charge in [-0.3, -0.25) is 4.79 Å². The predicted octanol–water partition coefficient (Wildman–Crippen LogP) is 8.51. The maximum Gasteiger partial charge on any atom is 0.307 e. The first-order valence-electron chi connectivity index (χ1n) is 12.7. The first-order chi connectivity index (χ1) is 21.2. The summed E-state index contributed by atoms with van der Waals surface area (Å²) in [6, 6.07) is 4.69. The van der Waals surface area contributed by atoms with Crippen LogP contribution >= 0.6 is 0 Å². The number of aliphatic carboxylic acids is 1. The minimum atomic E-state index is -1.00. The number of hydrogen-bond acceptors (Lipinski definition) is 5. The van der Waals surface area contributed by atoms with Gasteiger partial charge in [0.25, 0.3) is 0 Å². The third kappa shape index (κ3) is 22.8. The Hall–Kier alpha value is -5.71. The summed E-state index contributed by atoms with van der Waals surface area (Å²) in [7, 11) is 1.39. The molecule has 0 aliphatic carbocycles. The summed E-state index contributed by atoms with van der Waals surface area (Å²) in [6.07, 6.45) is 9.15. The molecule has 0 radical (unpaired) electrons. The van der Waals surface area contributed by atoms with E-state index in [1.54, 1.807) is 12.1 Å². The molecule has 0 fully saturated rings. The Kier molecular flexibility index (Phi) is 21.8. The van der Waals surface area contributed by atoms with Crippen LogP contribution in [0.15, 0.2) is 123 Å². The average Bonchev–Trinajstić information content (AvgIpc) is 2.99. The van der Waals surface area contributed by atoms with E-state index in [0.717, 1.165) is 19.3 Å². The fourth-order valence-corrected chi connectivity index (χ4v) is 2.88. The van der Waals surface area contributed by atoms with Crippen molar-refractivity contribution >= 4 is 5.97 Å². The molecule has 0 saturated carbocycles. The van der Waals surface area contributed by atoms with Crippen molar-refractivity contribution in [2.75, 3.05) is 13.7 Å². The van der Waals surface area contributed by atoms with Gasteiger partial charge in [-0.25, -0.2) is 0 Å². The summed E-state index contributed by atoms with van der Waals surface area (Å²) in [4.78, 5) is 16.3. The molecule has 43 heavy (non-hydrogen) atoms. The zero-order valence-electron chi connectivity index (χ0n) is 23.4. The van der Waals surface area contributed by atoms with Crippen molar-refractivity contribution < 1.29 is 19.5 Å². The molecule has 1 N–H and O–H groups in total. The second-order valence-electron chi connectivity index (χ2n) is 7.69. The quantitative estimate of drug-likeness (QED) is 0.0730. The highest BCUT2D eigenvalue weighted by Gasteiger charge is 2.07. The van der Waals surface area contributed by atoms with Crippen LogP contribution in [0.2, 0.25) is 0 Å². The van der Waals surface area contributed by atoms with Gasteiger partial charge >= 0.3 is 5.97 Å². The van der Waals surface area contributed by atoms with E-state index in [1.807, 2.05) is 0 Å². The molecule has 0 amide bonds. The zero-order chi connectivity index (χ0) is 31.1. The van der Waals surface area contributed by atoms with Crippen LogP contribution in [-0.4, -0.2) is 24.7 Å². The Morgan fingerprint density at radius 3 is 1.53 bits per heavy atom. The maximum absolute atomic E-state index is 11.1. The number of carboxylic acid groups (broad SMARTS) is 1. The van der Waals surface area contributed by atoms with Gasteiger partial charge in [0, 0.05) is 58.3 Å². The number of benzene rings is 1. The Labute approximate surface area is 244 Å². The SMILES string of the molecule is CCCCCCCCCCOc1cc(CC(=O)O)cc(ON=NN=NN=NN=NN=NN=NN=NN=NN=NN=NC)c1. The minimum Gasteiger partial charge on any atom is -0.493 e. The van der Waals surface area contributed by atoms with E-state index in [2.05, 4.69) is 111 Å². The number of nitrogens with zero attached hydrogens (tertiary/aromatic N) is 20. The molecule has 1 rings (SSSR count). The van der Waals surface area contributed by atoms with Crippen LogP contribution < -0.4 is 9.57 Å². The molecule has 0 aliphatic heterocycles. The van der Waals surface area contributed by atoms with Crippen LogP contribution in [0.25, 0.3) is 0 Å². The molecule has 1 aromatic rings. The van der Waals surface area contributed by atoms with Gasteiger partial charge in [0.2, 0.25) is 0 Å². The van der Waals surface area contributed by atoms with Crippen molar-refractivity contribution in [1.82, 2.24) is 0 Å². The lowest BCUT2D eigenvalue weighted by Gasteiger charge is -2.09. The highest BCUT2D eigenvalue weighted by Crippen LogP contribution is 2.24. The van der Waals surface area contributed by atoms with Gasteiger partial charge in [0.1, 0.15) is 5.75 Å². The Morgan fingerprint density at radius 1 is 0.605 bits per heavy atom. The van der Waals surface area contributed by atoms with E-state index in [9.17, 15) is 4.79 Å². The molecule has 0 aromatic heterocycles. The van der Waals surface area contributed by atoms with Crippen LogP contribution in [0.5, 0.6) is 11.5 Å². The molecule has 230 valence electrons. The van der Waals surface area contributed by atoms with E-state index in [4.69, 9.17) is 14.7 Å². The van der Waals surface area contributed by atoms with Crippen LogP contribution in [0.3, 0.4) is 0 Å². The number of hydrogen-bond donors (Lipinski definition) is 1. The van der Waals surface area contributed by atoms with Gasteiger partial charge < -0.3 is 14.7 Å². The van der Waals surface area contributed by atoms with Crippen molar-refractivity contribution in [3.63, 3.8) is 0 Å². The molecule has 0 saturated heterocycles. The first-order valence-corrected chi connectivity index (χ1v) is 12.7. The van der Waals surface area contributed by atoms with E-state index in [0.29, 0.717) is 17.9 Å². The smallest absolute Gasteiger partial charge is 0.307 e. The molecule has 24 heteroatoms. The number of unbranched alkanes of at least 4 members (excludes halogenated alkanes) is 7. The van der Waals surface area contributed by atoms with Crippen LogP contribution in [0, 0.1) is 0 Å². The first kappa shape index (κ1) is 35.3. The summed E-state index contributed by atoms with van der Waals surface area (Å²) < 4.78 is 5.77. The van der Waals surface area contributed by atoms with E-state index >= 15 is 0 Å². The molecule has 0 bridgehead atoms. The summed E-state index contributed by atoms with van der Waals surface area (Å²) in [6.45, 7) is 2.69. The maximum atomic E-state index is 11.1. The van der Waals surface area contributed by atoms with Gasteiger partial charge in [-0.1, -0.05) is 51.9 Å². The van der Waals surface area contributed by atoms with Crippen LogP contribution in [0.4, 0.5) is 0 Å². The number of carbonyl (C=O) groups is 1. The van der Waals surface area contributed by atoms with Gasteiger partial charge in [0.05, 0.1) is 25.4 Å². The molecule has 0 atom stereocenters. The third-order valence-corrected chi connectivity index (χ3v) is 4.51. The van der Waals surface area contributed by atoms with Crippen molar-refractivity contribution in [2.45, 2.75) is 64.7 Å². The molecule has 0 unspecified atom stereocenters. The lowest BCUT2D eigenvalue weighted by atomic mass is 10.1. The van der Waals surface area contributed by atoms with E-state index < -0.39 is 5.97 Å². The molecule has 24 nitrogen and oxygen atoms in total. The topological polar surface area (TPSA) is 303 Å². The average molecular weight is 603 g/mol. The Morgan fingerprint density at radius 2 is 1.05 bits per heavy atom. The lowest BCUT2D eigenvalue weighted by molar-refractivity contribution is -0.136. The number of rotatable bonds is 23. The van der Waals surface area contributed by atoms with Crippen molar-refractivity contribution in [1.29, 1.82) is 0 Å². The minimum absolute atomic E-state index is 0.203. The molecule has 0 spiro atoms. The highest BCUT2D eigenvalue weighted by atomic mass is 16.6. The molecular weight excluding hydrogens is 572 g/mol. The van der Waals surface area contributed by atoms with E-state index in [1.165, 1.54) is 45.2 Å². The summed E-state index contributed by atoms with van der Waals surface area (Å²) in [5.74, 6) is -0.343. The van der Waals surface area contributed by atoms with Gasteiger partial charge in [-0.05, 0) is 65.9 Å². The molecule has 0 aliphatic rings. The fraction of sp³-hybridized carbons (Fsp3) is 0.632. The second kappa shape index (κ2) is 26.5. The Balaban J connectivity index is 2.41. The molecule has 1 aromatic carbocycles. The summed E-state index contributed by atoms with van der Waals surface area (Å²) in [5.41, 5.74) is 0.469. The van der Waals surface area contributed by atoms with Gasteiger partial charge in [-0.15, -0.1) is 0 Å². The van der Waals surface area contributed by atoms with E-state index in [-0.39, 0.29) is 12.2 Å². The standard InChI is InChI=1S/C19H30N20O4/c1-3-4-5-6-7-8-9-10-11-42-17-12-16(14-19(40)41)13-18(15-17)43-39-38-37-36-35-34-33-32-31-30-29-28-27-26-25-24-23-22-21-20-2/h12-13,15H,3-11,14H2,1-2H3,(H,40,41). The van der Waals surface area contributed by atoms with Crippen molar-refractivity contribution in [2.24, 2.45) is 104 Å². The van der Waals surface area contributed by atoms with Gasteiger partial charge in [0.15, 0.2) is 5.75 Å².